The van der Waals surface area contributed by atoms with E-state index in [1.54, 1.807) is 0 Å². The number of hydrogen-bond acceptors (Lipinski definition) is 1. The van der Waals surface area contributed by atoms with Crippen molar-refractivity contribution >= 4 is 31.9 Å². The molecule has 1 nitrogen and oxygen atoms in total. The lowest BCUT2D eigenvalue weighted by Gasteiger charge is -2.23. The molecule has 0 bridgehead atoms. The molecule has 68 valence electrons. The maximum absolute atomic E-state index is 9.04. The van der Waals surface area contributed by atoms with E-state index in [1.807, 2.05) is 0 Å². The van der Waals surface area contributed by atoms with Gasteiger partial charge in [-0.05, 0) is 19.3 Å². The molecule has 0 aliphatic carbocycles. The number of hydrogen-bond donors (Lipinski definition) is 1. The Morgan fingerprint density at radius 3 is 2.36 bits per heavy atom. The van der Waals surface area contributed by atoms with Crippen molar-refractivity contribution in [1.29, 1.82) is 0 Å². The van der Waals surface area contributed by atoms with Gasteiger partial charge in [0.15, 0.2) is 0 Å². The van der Waals surface area contributed by atoms with Gasteiger partial charge in [-0.2, -0.15) is 0 Å². The molecule has 0 saturated carbocycles. The first-order chi connectivity index (χ1) is 5.04. The Bertz CT molecular complexity index is 100. The lowest BCUT2D eigenvalue weighted by atomic mass is 10.0. The van der Waals surface area contributed by atoms with E-state index < -0.39 is 0 Å². The van der Waals surface area contributed by atoms with Gasteiger partial charge in [-0.3, -0.25) is 0 Å². The van der Waals surface area contributed by atoms with Crippen LogP contribution in [-0.4, -0.2) is 20.9 Å². The molecule has 3 heteroatoms. The first-order valence-electron chi connectivity index (χ1n) is 3.98. The topological polar surface area (TPSA) is 20.2 Å². The zero-order valence-corrected chi connectivity index (χ0v) is 10.3. The van der Waals surface area contributed by atoms with Crippen molar-refractivity contribution < 1.29 is 5.11 Å². The minimum Gasteiger partial charge on any atom is -0.395 e. The Morgan fingerprint density at radius 1 is 1.55 bits per heavy atom. The van der Waals surface area contributed by atoms with Crippen molar-refractivity contribution in [1.82, 2.24) is 0 Å². The van der Waals surface area contributed by atoms with Crippen molar-refractivity contribution in [2.75, 3.05) is 6.61 Å². The Balaban J connectivity index is 3.69. The minimum absolute atomic E-state index is 0.0466. The van der Waals surface area contributed by atoms with E-state index in [0.717, 1.165) is 19.3 Å². The summed E-state index contributed by atoms with van der Waals surface area (Å²) < 4.78 is -0.0466. The highest BCUT2D eigenvalue weighted by Crippen LogP contribution is 2.29. The van der Waals surface area contributed by atoms with Gasteiger partial charge in [0.05, 0.1) is 6.61 Å². The van der Waals surface area contributed by atoms with Crippen molar-refractivity contribution in [2.24, 2.45) is 0 Å². The smallest absolute Gasteiger partial charge is 0.0584 e. The molecule has 0 saturated heterocycles. The maximum Gasteiger partial charge on any atom is 0.0584 e. The van der Waals surface area contributed by atoms with Crippen molar-refractivity contribution in [2.45, 2.75) is 42.3 Å². The summed E-state index contributed by atoms with van der Waals surface area (Å²) in [5.74, 6) is 0. The normalized spacial score (nSPS) is 19.4. The standard InChI is InChI=1S/C8H16Br2O/c1-3-8(10,6-11)5-4-7(2)9/h7,11H,3-6H2,1-2H3. The first kappa shape index (κ1) is 11.9. The van der Waals surface area contributed by atoms with Crippen LogP contribution in [0.25, 0.3) is 0 Å². The fraction of sp³-hybridized carbons (Fsp3) is 1.00. The van der Waals surface area contributed by atoms with E-state index in [0.29, 0.717) is 4.83 Å². The van der Waals surface area contributed by atoms with E-state index >= 15 is 0 Å². The average molecular weight is 288 g/mol. The zero-order chi connectivity index (χ0) is 8.91. The molecular weight excluding hydrogens is 272 g/mol. The van der Waals surface area contributed by atoms with Gasteiger partial charge in [0.1, 0.15) is 0 Å². The summed E-state index contributed by atoms with van der Waals surface area (Å²) >= 11 is 7.02. The predicted molar refractivity (Wildman–Crippen MR) is 56.7 cm³/mol. The molecule has 0 spiro atoms. The second-order valence-electron chi connectivity index (χ2n) is 2.98. The monoisotopic (exact) mass is 286 g/mol. The molecule has 0 rings (SSSR count). The van der Waals surface area contributed by atoms with Crippen molar-refractivity contribution in [3.63, 3.8) is 0 Å². The van der Waals surface area contributed by atoms with E-state index in [-0.39, 0.29) is 10.9 Å². The largest absolute Gasteiger partial charge is 0.395 e. The van der Waals surface area contributed by atoms with Crippen LogP contribution in [0.5, 0.6) is 0 Å². The molecule has 1 N–H and O–H groups in total. The van der Waals surface area contributed by atoms with Crippen LogP contribution in [-0.2, 0) is 0 Å². The molecule has 0 radical (unpaired) electrons. The van der Waals surface area contributed by atoms with Crippen LogP contribution in [0.4, 0.5) is 0 Å². The molecule has 0 fully saturated rings. The van der Waals surface area contributed by atoms with Crippen molar-refractivity contribution in [3.05, 3.63) is 0 Å². The first-order valence-corrected chi connectivity index (χ1v) is 5.69. The van der Waals surface area contributed by atoms with E-state index in [1.165, 1.54) is 0 Å². The van der Waals surface area contributed by atoms with Gasteiger partial charge >= 0.3 is 0 Å². The summed E-state index contributed by atoms with van der Waals surface area (Å²) in [5.41, 5.74) is 0. The van der Waals surface area contributed by atoms with Crippen LogP contribution >= 0.6 is 31.9 Å². The number of aliphatic hydroxyl groups excluding tert-OH is 1. The second kappa shape index (κ2) is 5.55. The third-order valence-corrected chi connectivity index (χ3v) is 3.57. The Morgan fingerprint density at radius 2 is 2.09 bits per heavy atom. The molecule has 0 aromatic heterocycles. The van der Waals surface area contributed by atoms with Crippen molar-refractivity contribution in [3.8, 4) is 0 Å². The maximum atomic E-state index is 9.04. The Labute approximate surface area is 85.8 Å². The van der Waals surface area contributed by atoms with Gasteiger partial charge in [-0.1, -0.05) is 45.7 Å². The predicted octanol–water partition coefficient (Wildman–Crippen LogP) is 3.09. The fourth-order valence-corrected chi connectivity index (χ4v) is 1.28. The van der Waals surface area contributed by atoms with Crippen LogP contribution in [0.3, 0.4) is 0 Å². The van der Waals surface area contributed by atoms with Crippen LogP contribution in [0, 0.1) is 0 Å². The second-order valence-corrected chi connectivity index (χ2v) is 6.23. The molecule has 0 heterocycles. The molecule has 0 aliphatic heterocycles. The van der Waals surface area contributed by atoms with Crippen LogP contribution < -0.4 is 0 Å². The number of aliphatic hydroxyl groups is 1. The zero-order valence-electron chi connectivity index (χ0n) is 7.11. The molecule has 11 heavy (non-hydrogen) atoms. The molecule has 2 atom stereocenters. The van der Waals surface area contributed by atoms with Crippen LogP contribution in [0.15, 0.2) is 0 Å². The molecule has 0 aromatic carbocycles. The number of halogens is 2. The van der Waals surface area contributed by atoms with Gasteiger partial charge in [0.2, 0.25) is 0 Å². The van der Waals surface area contributed by atoms with Gasteiger partial charge < -0.3 is 5.11 Å². The van der Waals surface area contributed by atoms with E-state index in [9.17, 15) is 0 Å². The fourth-order valence-electron chi connectivity index (χ4n) is 0.825. The Kier molecular flexibility index (Phi) is 6.01. The summed E-state index contributed by atoms with van der Waals surface area (Å²) in [5, 5.41) is 9.04. The highest BCUT2D eigenvalue weighted by Gasteiger charge is 2.23. The van der Waals surface area contributed by atoms with Crippen LogP contribution in [0.2, 0.25) is 0 Å². The van der Waals surface area contributed by atoms with Gasteiger partial charge in [-0.25, -0.2) is 0 Å². The molecule has 0 aromatic rings. The van der Waals surface area contributed by atoms with Gasteiger partial charge in [0, 0.05) is 9.15 Å². The number of rotatable bonds is 5. The third-order valence-electron chi connectivity index (χ3n) is 1.91. The SMILES string of the molecule is CCC(Br)(CO)CCC(C)Br. The molecule has 0 amide bonds. The van der Waals surface area contributed by atoms with Gasteiger partial charge in [0.25, 0.3) is 0 Å². The quantitative estimate of drug-likeness (QED) is 0.771. The highest BCUT2D eigenvalue weighted by atomic mass is 79.9. The van der Waals surface area contributed by atoms with Gasteiger partial charge in [-0.15, -0.1) is 0 Å². The third kappa shape index (κ3) is 5.21. The molecular formula is C8H16Br2O. The minimum atomic E-state index is -0.0466. The summed E-state index contributed by atoms with van der Waals surface area (Å²) in [6, 6.07) is 0. The summed E-state index contributed by atoms with van der Waals surface area (Å²) in [7, 11) is 0. The van der Waals surface area contributed by atoms with Crippen LogP contribution in [0.1, 0.15) is 33.1 Å². The lowest BCUT2D eigenvalue weighted by molar-refractivity contribution is 0.239. The Hall–Kier alpha value is 0.920. The lowest BCUT2D eigenvalue weighted by Crippen LogP contribution is -2.25. The molecule has 0 aliphatic rings. The summed E-state index contributed by atoms with van der Waals surface area (Å²) in [6.45, 7) is 4.44. The average Bonchev–Trinajstić information content (AvgIpc) is 2.00. The number of alkyl halides is 2. The molecule has 2 unspecified atom stereocenters. The summed E-state index contributed by atoms with van der Waals surface area (Å²) in [6.07, 6.45) is 3.09. The van der Waals surface area contributed by atoms with E-state index in [2.05, 4.69) is 45.7 Å². The van der Waals surface area contributed by atoms with E-state index in [4.69, 9.17) is 5.11 Å². The summed E-state index contributed by atoms with van der Waals surface area (Å²) in [4.78, 5) is 0.539. The highest BCUT2D eigenvalue weighted by molar-refractivity contribution is 9.10.